The van der Waals surface area contributed by atoms with Gasteiger partial charge in [0.2, 0.25) is 0 Å². The maximum absolute atomic E-state index is 12.0. The van der Waals surface area contributed by atoms with Gasteiger partial charge in [0.15, 0.2) is 0 Å². The Balaban J connectivity index is 1.86. The van der Waals surface area contributed by atoms with Crippen molar-refractivity contribution in [1.29, 1.82) is 0 Å². The van der Waals surface area contributed by atoms with Gasteiger partial charge in [-0.2, -0.15) is 0 Å². The quantitative estimate of drug-likeness (QED) is 0.472. The Bertz CT molecular complexity index is 450. The van der Waals surface area contributed by atoms with Crippen LogP contribution in [0.25, 0.3) is 0 Å². The van der Waals surface area contributed by atoms with Crippen molar-refractivity contribution in [3.63, 3.8) is 0 Å². The van der Waals surface area contributed by atoms with Gasteiger partial charge < -0.3 is 9.47 Å². The number of hydrogen-bond acceptors (Lipinski definition) is 6. The molecule has 0 N–H and O–H groups in total. The number of carbonyl (C=O) groups excluding carboxylic acids is 4. The van der Waals surface area contributed by atoms with Crippen molar-refractivity contribution in [2.75, 3.05) is 0 Å². The molecule has 6 heteroatoms. The van der Waals surface area contributed by atoms with Crippen LogP contribution in [0.3, 0.4) is 0 Å². The van der Waals surface area contributed by atoms with E-state index >= 15 is 0 Å². The van der Waals surface area contributed by atoms with Crippen LogP contribution in [0.5, 0.6) is 0 Å². The smallest absolute Gasteiger partial charge is 0.317 e. The number of hydrogen-bond donors (Lipinski definition) is 0. The van der Waals surface area contributed by atoms with E-state index < -0.39 is 47.5 Å². The summed E-state index contributed by atoms with van der Waals surface area (Å²) in [5.41, 5.74) is 0. The predicted octanol–water partition coefficient (Wildman–Crippen LogP) is 0.438. The first-order valence-electron chi connectivity index (χ1n) is 7.10. The summed E-state index contributed by atoms with van der Waals surface area (Å²) in [5, 5.41) is 0. The maximum atomic E-state index is 12.0. The number of rotatable bonds is 0. The standard InChI is InChI=1S/C14H14O6/c15-11-7-5-3-1-2-4-6(9(7)13(17)19-11)10-8(5)12(16)20-14(10)18/h5-10H,1-4H2/t5?,6?,7-,8+,9+,10?/m0/s1. The van der Waals surface area contributed by atoms with E-state index in [1.807, 2.05) is 0 Å². The van der Waals surface area contributed by atoms with Crippen LogP contribution in [0.2, 0.25) is 0 Å². The third-order valence-electron chi connectivity index (χ3n) is 5.43. The molecule has 0 aromatic rings. The van der Waals surface area contributed by atoms with Crippen LogP contribution >= 0.6 is 0 Å². The van der Waals surface area contributed by atoms with Gasteiger partial charge in [-0.25, -0.2) is 0 Å². The van der Waals surface area contributed by atoms with Crippen molar-refractivity contribution in [3.8, 4) is 0 Å². The second-order valence-electron chi connectivity index (χ2n) is 6.20. The molecule has 106 valence electrons. The van der Waals surface area contributed by atoms with Crippen molar-refractivity contribution in [2.24, 2.45) is 35.5 Å². The zero-order valence-electron chi connectivity index (χ0n) is 10.7. The van der Waals surface area contributed by atoms with Crippen molar-refractivity contribution >= 4 is 23.9 Å². The molecule has 0 spiro atoms. The fourth-order valence-corrected chi connectivity index (χ4v) is 4.75. The summed E-state index contributed by atoms with van der Waals surface area (Å²) in [6, 6.07) is 0. The first-order valence-corrected chi connectivity index (χ1v) is 7.10. The largest absolute Gasteiger partial charge is 0.393 e. The molecule has 0 aromatic heterocycles. The van der Waals surface area contributed by atoms with Gasteiger partial charge in [0.25, 0.3) is 0 Å². The second kappa shape index (κ2) is 3.90. The molecule has 20 heavy (non-hydrogen) atoms. The molecule has 0 radical (unpaired) electrons. The predicted molar refractivity (Wildman–Crippen MR) is 61.6 cm³/mol. The molecule has 2 heterocycles. The minimum absolute atomic E-state index is 0.292. The summed E-state index contributed by atoms with van der Waals surface area (Å²) >= 11 is 0. The van der Waals surface area contributed by atoms with Crippen molar-refractivity contribution in [2.45, 2.75) is 25.7 Å². The van der Waals surface area contributed by atoms with Gasteiger partial charge in [-0.3, -0.25) is 19.2 Å². The molecule has 0 amide bonds. The molecule has 2 saturated heterocycles. The first-order chi connectivity index (χ1) is 9.59. The topological polar surface area (TPSA) is 86.7 Å². The van der Waals surface area contributed by atoms with Crippen molar-refractivity contribution in [3.05, 3.63) is 0 Å². The average Bonchev–Trinajstić information content (AvgIpc) is 2.78. The van der Waals surface area contributed by atoms with Crippen molar-refractivity contribution in [1.82, 2.24) is 0 Å². The van der Waals surface area contributed by atoms with E-state index in [-0.39, 0.29) is 11.8 Å². The van der Waals surface area contributed by atoms with Crippen LogP contribution in [0.1, 0.15) is 25.7 Å². The first kappa shape index (κ1) is 12.1. The molecular formula is C14H14O6. The molecule has 2 aliphatic carbocycles. The number of ether oxygens (including phenoxy) is 2. The van der Waals surface area contributed by atoms with Crippen LogP contribution in [0.4, 0.5) is 0 Å². The van der Waals surface area contributed by atoms with Gasteiger partial charge in [0, 0.05) is 0 Å². The highest BCUT2D eigenvalue weighted by atomic mass is 16.6. The number of fused-ring (bicyclic) bond motifs is 3. The van der Waals surface area contributed by atoms with Gasteiger partial charge in [-0.1, -0.05) is 12.8 Å². The molecule has 2 aliphatic heterocycles. The summed E-state index contributed by atoms with van der Waals surface area (Å²) in [4.78, 5) is 47.9. The fraction of sp³-hybridized carbons (Fsp3) is 0.714. The van der Waals surface area contributed by atoms with Crippen LogP contribution in [0, 0.1) is 35.5 Å². The Morgan fingerprint density at radius 3 is 1.20 bits per heavy atom. The van der Waals surface area contributed by atoms with Gasteiger partial charge >= 0.3 is 23.9 Å². The Morgan fingerprint density at radius 1 is 0.600 bits per heavy atom. The lowest BCUT2D eigenvalue weighted by Crippen LogP contribution is -2.50. The number of cyclic esters (lactones) is 4. The Kier molecular flexibility index (Phi) is 2.35. The van der Waals surface area contributed by atoms with Crippen LogP contribution in [0.15, 0.2) is 0 Å². The molecule has 6 atom stereocenters. The average molecular weight is 278 g/mol. The summed E-state index contributed by atoms with van der Waals surface area (Å²) < 4.78 is 9.59. The molecule has 2 bridgehead atoms. The SMILES string of the molecule is O=C1OC(=O)[C@H]2C1C1CCCCC2[C@@H]2C(=O)OC(=O)[C@H]12. The third kappa shape index (κ3) is 1.34. The van der Waals surface area contributed by atoms with Crippen LogP contribution in [-0.2, 0) is 28.7 Å². The fourth-order valence-electron chi connectivity index (χ4n) is 4.75. The normalized spacial score (nSPS) is 46.4. The Morgan fingerprint density at radius 2 is 0.900 bits per heavy atom. The molecule has 2 saturated carbocycles. The lowest BCUT2D eigenvalue weighted by molar-refractivity contribution is -0.154. The molecule has 4 aliphatic rings. The van der Waals surface area contributed by atoms with Crippen LogP contribution in [-0.4, -0.2) is 23.9 Å². The van der Waals surface area contributed by atoms with E-state index in [0.717, 1.165) is 12.8 Å². The van der Waals surface area contributed by atoms with E-state index in [1.165, 1.54) is 0 Å². The maximum Gasteiger partial charge on any atom is 0.317 e. The lowest BCUT2D eigenvalue weighted by atomic mass is 9.55. The van der Waals surface area contributed by atoms with Gasteiger partial charge in [-0.05, 0) is 24.7 Å². The minimum Gasteiger partial charge on any atom is -0.393 e. The Hall–Kier alpha value is -1.72. The molecular weight excluding hydrogens is 264 g/mol. The van der Waals surface area contributed by atoms with E-state index in [1.54, 1.807) is 0 Å². The highest BCUT2D eigenvalue weighted by Crippen LogP contribution is 2.56. The molecule has 3 unspecified atom stereocenters. The minimum atomic E-state index is -0.563. The summed E-state index contributed by atoms with van der Waals surface area (Å²) in [5.74, 6) is -4.94. The lowest BCUT2D eigenvalue weighted by Gasteiger charge is -2.43. The van der Waals surface area contributed by atoms with Crippen molar-refractivity contribution < 1.29 is 28.7 Å². The van der Waals surface area contributed by atoms with E-state index in [4.69, 9.17) is 9.47 Å². The van der Waals surface area contributed by atoms with E-state index in [2.05, 4.69) is 0 Å². The highest BCUT2D eigenvalue weighted by Gasteiger charge is 2.66. The molecule has 4 fully saturated rings. The van der Waals surface area contributed by atoms with Gasteiger partial charge in [-0.15, -0.1) is 0 Å². The van der Waals surface area contributed by atoms with E-state index in [0.29, 0.717) is 12.8 Å². The number of carbonyl (C=O) groups is 4. The highest BCUT2D eigenvalue weighted by molar-refractivity contribution is 6.02. The number of esters is 4. The monoisotopic (exact) mass is 278 g/mol. The molecule has 4 rings (SSSR count). The summed E-state index contributed by atoms with van der Waals surface area (Å²) in [7, 11) is 0. The van der Waals surface area contributed by atoms with E-state index in [9.17, 15) is 19.2 Å². The Labute approximate surface area is 114 Å². The zero-order chi connectivity index (χ0) is 14.0. The van der Waals surface area contributed by atoms with Gasteiger partial charge in [0.05, 0.1) is 23.7 Å². The van der Waals surface area contributed by atoms with Crippen LogP contribution < -0.4 is 0 Å². The molecule has 6 nitrogen and oxygen atoms in total. The summed E-state index contributed by atoms with van der Waals surface area (Å²) in [6.07, 6.45) is 3.13. The van der Waals surface area contributed by atoms with Gasteiger partial charge in [0.1, 0.15) is 0 Å². The zero-order valence-corrected chi connectivity index (χ0v) is 10.7. The second-order valence-corrected chi connectivity index (χ2v) is 6.20. The third-order valence-corrected chi connectivity index (χ3v) is 5.43. The summed E-state index contributed by atoms with van der Waals surface area (Å²) in [6.45, 7) is 0. The molecule has 0 aromatic carbocycles.